The summed E-state index contributed by atoms with van der Waals surface area (Å²) in [6.45, 7) is 5.06. The van der Waals surface area contributed by atoms with Crippen molar-refractivity contribution in [1.82, 2.24) is 0 Å². The molecule has 0 N–H and O–H groups in total. The second-order valence-corrected chi connectivity index (χ2v) is 3.30. The molecule has 0 aliphatic heterocycles. The molecule has 0 aliphatic carbocycles. The molecular weight excluding hydrogens is 152 g/mol. The minimum absolute atomic E-state index is 0.0826. The number of carbonyl (C=O) groups is 1. The van der Waals surface area contributed by atoms with Crippen LogP contribution in [0, 0.1) is 0 Å². The first-order valence-corrected chi connectivity index (χ1v) is 3.62. The Hall–Kier alpha value is 0.110. The molecule has 0 aromatic heterocycles. The first kappa shape index (κ1) is 9.11. The van der Waals surface area contributed by atoms with Crippen molar-refractivity contribution < 1.29 is 4.79 Å². The second-order valence-electron chi connectivity index (χ2n) is 2.00. The van der Waals surface area contributed by atoms with Gasteiger partial charge in [-0.15, -0.1) is 0 Å². The molecule has 0 saturated carbocycles. The van der Waals surface area contributed by atoms with Crippen LogP contribution < -0.4 is 0 Å². The Morgan fingerprint density at radius 1 is 1.89 bits per heavy atom. The summed E-state index contributed by atoms with van der Waals surface area (Å²) < 4.78 is -0.648. The lowest BCUT2D eigenvalue weighted by atomic mass is 10.1. The largest absolute Gasteiger partial charge is 0.293 e. The van der Waals surface area contributed by atoms with Crippen molar-refractivity contribution in [2.24, 2.45) is 0 Å². The molecule has 3 heteroatoms. The summed E-state index contributed by atoms with van der Waals surface area (Å²) in [5.74, 6) is 0.349. The van der Waals surface area contributed by atoms with Crippen molar-refractivity contribution in [1.29, 1.82) is 0 Å². The van der Waals surface area contributed by atoms with Gasteiger partial charge in [-0.2, -0.15) is 25.3 Å². The summed E-state index contributed by atoms with van der Waals surface area (Å²) >= 11 is 8.01. The Bertz CT molecular complexity index is 129. The van der Waals surface area contributed by atoms with Crippen LogP contribution >= 0.6 is 25.3 Å². The van der Waals surface area contributed by atoms with Gasteiger partial charge in [-0.3, -0.25) is 4.79 Å². The van der Waals surface area contributed by atoms with Crippen LogP contribution in [0.25, 0.3) is 0 Å². The van der Waals surface area contributed by atoms with E-state index in [1.165, 1.54) is 6.08 Å². The van der Waals surface area contributed by atoms with E-state index in [1.54, 1.807) is 6.92 Å². The van der Waals surface area contributed by atoms with E-state index in [0.717, 1.165) is 0 Å². The Morgan fingerprint density at radius 2 is 2.33 bits per heavy atom. The van der Waals surface area contributed by atoms with Crippen molar-refractivity contribution in [3.05, 3.63) is 12.7 Å². The molecule has 9 heavy (non-hydrogen) atoms. The highest BCUT2D eigenvalue weighted by Gasteiger charge is 2.23. The smallest absolute Gasteiger partial charge is 0.171 e. The average Bonchev–Trinajstić information content (AvgIpc) is 1.86. The molecule has 0 rings (SSSR count). The number of hydrogen-bond acceptors (Lipinski definition) is 3. The van der Waals surface area contributed by atoms with E-state index < -0.39 is 4.75 Å². The van der Waals surface area contributed by atoms with Crippen molar-refractivity contribution >= 4 is 31.0 Å². The molecule has 0 amide bonds. The molecule has 0 bridgehead atoms. The predicted octanol–water partition coefficient (Wildman–Crippen LogP) is 1.36. The molecule has 1 nitrogen and oxygen atoms in total. The van der Waals surface area contributed by atoms with E-state index >= 15 is 0 Å². The lowest BCUT2D eigenvalue weighted by Crippen LogP contribution is -2.28. The molecule has 0 aromatic carbocycles. The number of allylic oxidation sites excluding steroid dienone is 1. The van der Waals surface area contributed by atoms with Crippen molar-refractivity contribution in [2.75, 3.05) is 5.75 Å². The maximum absolute atomic E-state index is 10.8. The van der Waals surface area contributed by atoms with Crippen LogP contribution in [0.1, 0.15) is 6.92 Å². The molecule has 0 aromatic rings. The summed E-state index contributed by atoms with van der Waals surface area (Å²) in [7, 11) is 0. The van der Waals surface area contributed by atoms with Gasteiger partial charge in [0.2, 0.25) is 0 Å². The minimum atomic E-state index is -0.648. The van der Waals surface area contributed by atoms with Crippen LogP contribution in [0.3, 0.4) is 0 Å². The number of rotatable bonds is 3. The van der Waals surface area contributed by atoms with E-state index in [2.05, 4.69) is 31.8 Å². The fraction of sp³-hybridized carbons (Fsp3) is 0.500. The van der Waals surface area contributed by atoms with E-state index in [4.69, 9.17) is 0 Å². The molecule has 0 saturated heterocycles. The van der Waals surface area contributed by atoms with Gasteiger partial charge in [-0.05, 0) is 13.0 Å². The van der Waals surface area contributed by atoms with E-state index in [0.29, 0.717) is 5.75 Å². The zero-order chi connectivity index (χ0) is 7.49. The molecule has 1 atom stereocenters. The summed E-state index contributed by atoms with van der Waals surface area (Å²) in [5, 5.41) is 0. The topological polar surface area (TPSA) is 17.1 Å². The highest BCUT2D eigenvalue weighted by molar-refractivity contribution is 7.86. The number of hydrogen-bond donors (Lipinski definition) is 2. The minimum Gasteiger partial charge on any atom is -0.293 e. The SMILES string of the molecule is C=CC(=O)C(C)(S)CS. The highest BCUT2D eigenvalue weighted by Crippen LogP contribution is 2.16. The maximum Gasteiger partial charge on any atom is 0.171 e. The van der Waals surface area contributed by atoms with Crippen LogP contribution in [0.15, 0.2) is 12.7 Å². The Kier molecular flexibility index (Phi) is 3.36. The molecule has 0 heterocycles. The second kappa shape index (κ2) is 3.32. The third kappa shape index (κ3) is 2.45. The fourth-order valence-corrected chi connectivity index (χ4v) is 0.545. The summed E-state index contributed by atoms with van der Waals surface area (Å²) in [6, 6.07) is 0. The van der Waals surface area contributed by atoms with E-state index in [9.17, 15) is 4.79 Å². The van der Waals surface area contributed by atoms with Gasteiger partial charge in [0.1, 0.15) is 0 Å². The summed E-state index contributed by atoms with van der Waals surface area (Å²) in [6.07, 6.45) is 1.27. The van der Waals surface area contributed by atoms with Crippen molar-refractivity contribution in [3.8, 4) is 0 Å². The maximum atomic E-state index is 10.8. The number of ketones is 1. The Balaban J connectivity index is 4.13. The van der Waals surface area contributed by atoms with Gasteiger partial charge in [0.15, 0.2) is 5.78 Å². The predicted molar refractivity (Wildman–Crippen MR) is 46.4 cm³/mol. The summed E-state index contributed by atoms with van der Waals surface area (Å²) in [5.41, 5.74) is 0. The first-order chi connectivity index (χ1) is 4.04. The molecular formula is C6H10OS2. The standard InChI is InChI=1S/C6H10OS2/c1-3-5(7)6(2,9)4-8/h3,8-9H,1,4H2,2H3. The van der Waals surface area contributed by atoms with Crippen LogP contribution in [0.4, 0.5) is 0 Å². The monoisotopic (exact) mass is 162 g/mol. The van der Waals surface area contributed by atoms with Gasteiger partial charge in [0.05, 0.1) is 4.75 Å². The van der Waals surface area contributed by atoms with Crippen LogP contribution in [0.2, 0.25) is 0 Å². The Morgan fingerprint density at radius 3 is 2.44 bits per heavy atom. The fourth-order valence-electron chi connectivity index (χ4n) is 0.298. The van der Waals surface area contributed by atoms with E-state index in [-0.39, 0.29) is 5.78 Å². The van der Waals surface area contributed by atoms with Crippen molar-refractivity contribution in [3.63, 3.8) is 0 Å². The summed E-state index contributed by atoms with van der Waals surface area (Å²) in [4.78, 5) is 10.8. The van der Waals surface area contributed by atoms with Gasteiger partial charge >= 0.3 is 0 Å². The quantitative estimate of drug-likeness (QED) is 0.473. The third-order valence-electron chi connectivity index (χ3n) is 1.02. The van der Waals surface area contributed by atoms with Crippen LogP contribution in [-0.4, -0.2) is 16.3 Å². The van der Waals surface area contributed by atoms with Crippen LogP contribution in [-0.2, 0) is 4.79 Å². The number of thiol groups is 2. The first-order valence-electron chi connectivity index (χ1n) is 2.54. The normalized spacial score (nSPS) is 16.3. The highest BCUT2D eigenvalue weighted by atomic mass is 32.1. The Labute approximate surface area is 66.3 Å². The zero-order valence-electron chi connectivity index (χ0n) is 5.29. The average molecular weight is 162 g/mol. The van der Waals surface area contributed by atoms with Gasteiger partial charge in [-0.25, -0.2) is 0 Å². The molecule has 0 aliphatic rings. The molecule has 0 spiro atoms. The van der Waals surface area contributed by atoms with Crippen LogP contribution in [0.5, 0.6) is 0 Å². The van der Waals surface area contributed by atoms with Gasteiger partial charge in [0, 0.05) is 5.75 Å². The van der Waals surface area contributed by atoms with Gasteiger partial charge in [0.25, 0.3) is 0 Å². The van der Waals surface area contributed by atoms with Crippen molar-refractivity contribution in [2.45, 2.75) is 11.7 Å². The van der Waals surface area contributed by atoms with Gasteiger partial charge < -0.3 is 0 Å². The third-order valence-corrected chi connectivity index (χ3v) is 2.28. The zero-order valence-corrected chi connectivity index (χ0v) is 7.08. The molecule has 0 radical (unpaired) electrons. The van der Waals surface area contributed by atoms with E-state index in [1.807, 2.05) is 0 Å². The van der Waals surface area contributed by atoms with Gasteiger partial charge in [-0.1, -0.05) is 6.58 Å². The molecule has 0 fully saturated rings. The lowest BCUT2D eigenvalue weighted by Gasteiger charge is -2.15. The molecule has 52 valence electrons. The molecule has 1 unspecified atom stereocenters. The number of carbonyl (C=O) groups excluding carboxylic acids is 1. The lowest BCUT2D eigenvalue weighted by molar-refractivity contribution is -0.115.